The van der Waals surface area contributed by atoms with Gasteiger partial charge in [-0.05, 0) is 25.3 Å². The van der Waals surface area contributed by atoms with Gasteiger partial charge in [0.05, 0.1) is 6.10 Å². The van der Waals surface area contributed by atoms with Crippen LogP contribution in [-0.4, -0.2) is 37.2 Å². The first-order valence-corrected chi connectivity index (χ1v) is 7.59. The van der Waals surface area contributed by atoms with Crippen molar-refractivity contribution in [2.75, 3.05) is 26.2 Å². The zero-order valence-corrected chi connectivity index (χ0v) is 12.5. The van der Waals surface area contributed by atoms with E-state index >= 15 is 0 Å². The van der Waals surface area contributed by atoms with Crippen LogP contribution in [0.25, 0.3) is 0 Å². The van der Waals surface area contributed by atoms with Gasteiger partial charge >= 0.3 is 0 Å². The molecule has 3 nitrogen and oxygen atoms in total. The lowest BCUT2D eigenvalue weighted by atomic mass is 9.99. The molecule has 2 rings (SSSR count). The smallest absolute Gasteiger partial charge is 0.263 e. The highest BCUT2D eigenvalue weighted by atomic mass is 19.3. The van der Waals surface area contributed by atoms with E-state index in [4.69, 9.17) is 10.5 Å². The highest BCUT2D eigenvalue weighted by Gasteiger charge is 2.25. The summed E-state index contributed by atoms with van der Waals surface area (Å²) < 4.78 is 30.9. The van der Waals surface area contributed by atoms with Gasteiger partial charge < -0.3 is 10.5 Å². The molecule has 1 unspecified atom stereocenters. The molecule has 1 aromatic carbocycles. The first kappa shape index (κ1) is 16.3. The first-order valence-electron chi connectivity index (χ1n) is 7.59. The number of hydrogen-bond acceptors (Lipinski definition) is 3. The Kier molecular flexibility index (Phi) is 6.08. The van der Waals surface area contributed by atoms with Crippen LogP contribution >= 0.6 is 0 Å². The molecule has 0 amide bonds. The summed E-state index contributed by atoms with van der Waals surface area (Å²) in [5, 5.41) is 0. The second kappa shape index (κ2) is 7.82. The van der Waals surface area contributed by atoms with Gasteiger partial charge in [-0.25, -0.2) is 8.78 Å². The van der Waals surface area contributed by atoms with E-state index in [1.165, 1.54) is 12.1 Å². The van der Waals surface area contributed by atoms with Gasteiger partial charge in [0.25, 0.3) is 6.43 Å². The van der Waals surface area contributed by atoms with Gasteiger partial charge in [0, 0.05) is 37.8 Å². The summed E-state index contributed by atoms with van der Waals surface area (Å²) in [5.41, 5.74) is 6.98. The summed E-state index contributed by atoms with van der Waals surface area (Å²) in [6, 6.07) is 6.63. The normalized spacial score (nSPS) is 19.1. The van der Waals surface area contributed by atoms with Crippen LogP contribution in [-0.2, 0) is 4.74 Å². The van der Waals surface area contributed by atoms with E-state index in [0.717, 1.165) is 38.1 Å². The van der Waals surface area contributed by atoms with Crippen LogP contribution in [0, 0.1) is 0 Å². The minimum Gasteiger partial charge on any atom is -0.378 e. The van der Waals surface area contributed by atoms with Gasteiger partial charge in [0.2, 0.25) is 0 Å². The summed E-state index contributed by atoms with van der Waals surface area (Å²) >= 11 is 0. The van der Waals surface area contributed by atoms with Crippen molar-refractivity contribution in [2.24, 2.45) is 5.73 Å². The molecule has 0 radical (unpaired) electrons. The number of hydrogen-bond donors (Lipinski definition) is 1. The molecule has 1 atom stereocenters. The van der Waals surface area contributed by atoms with E-state index < -0.39 is 6.43 Å². The molecule has 0 bridgehead atoms. The summed E-state index contributed by atoms with van der Waals surface area (Å²) in [5.74, 6) is 0. The van der Waals surface area contributed by atoms with E-state index in [2.05, 4.69) is 4.90 Å². The van der Waals surface area contributed by atoms with Crippen LogP contribution in [0.4, 0.5) is 8.78 Å². The zero-order chi connectivity index (χ0) is 15.2. The average Bonchev–Trinajstić information content (AvgIpc) is 2.50. The van der Waals surface area contributed by atoms with Crippen LogP contribution in [0.5, 0.6) is 0 Å². The number of benzene rings is 1. The largest absolute Gasteiger partial charge is 0.378 e. The maximum Gasteiger partial charge on any atom is 0.263 e. The van der Waals surface area contributed by atoms with Crippen molar-refractivity contribution >= 4 is 0 Å². The van der Waals surface area contributed by atoms with Gasteiger partial charge in [0.1, 0.15) is 0 Å². The Balaban J connectivity index is 1.99. The molecule has 118 valence electrons. The van der Waals surface area contributed by atoms with Crippen LogP contribution in [0.15, 0.2) is 24.3 Å². The summed E-state index contributed by atoms with van der Waals surface area (Å²) in [6.45, 7) is 5.12. The Morgan fingerprint density at radius 2 is 1.76 bits per heavy atom. The second-order valence-electron chi connectivity index (χ2n) is 5.41. The SMILES string of the molecule is CCOC1CCN(C(CN)c2ccc(C(F)F)cc2)CC1. The maximum atomic E-state index is 12.6. The molecule has 1 aliphatic heterocycles. The lowest BCUT2D eigenvalue weighted by molar-refractivity contribution is 0.00451. The summed E-state index contributed by atoms with van der Waals surface area (Å²) in [4.78, 5) is 2.33. The third-order valence-corrected chi connectivity index (χ3v) is 4.12. The molecule has 5 heteroatoms. The molecule has 1 aliphatic rings. The van der Waals surface area contributed by atoms with E-state index in [1.54, 1.807) is 12.1 Å². The number of piperidine rings is 1. The molecule has 0 spiro atoms. The molecule has 21 heavy (non-hydrogen) atoms. The topological polar surface area (TPSA) is 38.5 Å². The van der Waals surface area contributed by atoms with Gasteiger partial charge in [-0.3, -0.25) is 4.90 Å². The van der Waals surface area contributed by atoms with Gasteiger partial charge in [-0.15, -0.1) is 0 Å². The average molecular weight is 298 g/mol. The Bertz CT molecular complexity index is 417. The van der Waals surface area contributed by atoms with Crippen molar-refractivity contribution in [1.82, 2.24) is 4.90 Å². The quantitative estimate of drug-likeness (QED) is 0.877. The molecule has 0 aliphatic carbocycles. The molecule has 1 aromatic rings. The molecule has 1 fully saturated rings. The number of nitrogens with zero attached hydrogens (tertiary/aromatic N) is 1. The minimum atomic E-state index is -2.42. The minimum absolute atomic E-state index is 0.0598. The maximum absolute atomic E-state index is 12.6. The fourth-order valence-corrected chi connectivity index (χ4v) is 2.95. The van der Waals surface area contributed by atoms with E-state index in [1.807, 2.05) is 6.92 Å². The standard InChI is InChI=1S/C16H24F2N2O/c1-2-21-14-7-9-20(10-8-14)15(11-19)12-3-5-13(6-4-12)16(17)18/h3-6,14-16H,2,7-11,19H2,1H3. The summed E-state index contributed by atoms with van der Waals surface area (Å²) in [7, 11) is 0. The van der Waals surface area contributed by atoms with Gasteiger partial charge in [-0.2, -0.15) is 0 Å². The van der Waals surface area contributed by atoms with E-state index in [-0.39, 0.29) is 11.6 Å². The van der Waals surface area contributed by atoms with Gasteiger partial charge in [0.15, 0.2) is 0 Å². The number of likely N-dealkylation sites (tertiary alicyclic amines) is 1. The highest BCUT2D eigenvalue weighted by molar-refractivity contribution is 5.26. The van der Waals surface area contributed by atoms with E-state index in [9.17, 15) is 8.78 Å². The van der Waals surface area contributed by atoms with Crippen LogP contribution in [0.1, 0.15) is 43.4 Å². The molecule has 1 heterocycles. The van der Waals surface area contributed by atoms with Crippen molar-refractivity contribution in [1.29, 1.82) is 0 Å². The predicted octanol–water partition coefficient (Wildman–Crippen LogP) is 3.12. The summed E-state index contributed by atoms with van der Waals surface area (Å²) in [6.07, 6.45) is -0.0814. The van der Waals surface area contributed by atoms with Gasteiger partial charge in [-0.1, -0.05) is 24.3 Å². The Labute approximate surface area is 125 Å². The molecule has 1 saturated heterocycles. The molecule has 2 N–H and O–H groups in total. The monoisotopic (exact) mass is 298 g/mol. The lowest BCUT2D eigenvalue weighted by Crippen LogP contribution is -2.41. The fourth-order valence-electron chi connectivity index (χ4n) is 2.95. The molecular weight excluding hydrogens is 274 g/mol. The van der Waals surface area contributed by atoms with Crippen molar-refractivity contribution in [3.63, 3.8) is 0 Å². The third kappa shape index (κ3) is 4.22. The Morgan fingerprint density at radius 3 is 2.24 bits per heavy atom. The van der Waals surface area contributed by atoms with Crippen LogP contribution < -0.4 is 5.73 Å². The van der Waals surface area contributed by atoms with Crippen molar-refractivity contribution < 1.29 is 13.5 Å². The fraction of sp³-hybridized carbons (Fsp3) is 0.625. The Morgan fingerprint density at radius 1 is 1.19 bits per heavy atom. The van der Waals surface area contributed by atoms with Crippen LogP contribution in [0.2, 0.25) is 0 Å². The van der Waals surface area contributed by atoms with Crippen molar-refractivity contribution in [3.8, 4) is 0 Å². The first-order chi connectivity index (χ1) is 10.2. The number of halogens is 2. The molecule has 0 aromatic heterocycles. The van der Waals surface area contributed by atoms with Crippen LogP contribution in [0.3, 0.4) is 0 Å². The Hall–Kier alpha value is -1.04. The van der Waals surface area contributed by atoms with Crippen molar-refractivity contribution in [3.05, 3.63) is 35.4 Å². The number of nitrogens with two attached hydrogens (primary N) is 1. The number of alkyl halides is 2. The predicted molar refractivity (Wildman–Crippen MR) is 79.4 cm³/mol. The zero-order valence-electron chi connectivity index (χ0n) is 12.5. The number of rotatable bonds is 6. The highest BCUT2D eigenvalue weighted by Crippen LogP contribution is 2.27. The lowest BCUT2D eigenvalue weighted by Gasteiger charge is -2.37. The third-order valence-electron chi connectivity index (χ3n) is 4.12. The molecule has 0 saturated carbocycles. The van der Waals surface area contributed by atoms with E-state index in [0.29, 0.717) is 12.6 Å². The second-order valence-corrected chi connectivity index (χ2v) is 5.41. The van der Waals surface area contributed by atoms with Crippen molar-refractivity contribution in [2.45, 2.75) is 38.3 Å². The number of ether oxygens (including phenoxy) is 1. The molecular formula is C16H24F2N2O.